The number of para-hydroxylation sites is 1. The molecule has 1 unspecified atom stereocenters. The molecule has 4 nitrogen and oxygen atoms in total. The predicted molar refractivity (Wildman–Crippen MR) is 137 cm³/mol. The van der Waals surface area contributed by atoms with Crippen molar-refractivity contribution in [1.82, 2.24) is 3.97 Å². The van der Waals surface area contributed by atoms with Gasteiger partial charge in [-0.1, -0.05) is 78.5 Å². The minimum atomic E-state index is -3.94. The van der Waals surface area contributed by atoms with E-state index >= 15 is 0 Å². The highest BCUT2D eigenvalue weighted by atomic mass is 32.2. The van der Waals surface area contributed by atoms with Crippen LogP contribution in [0.2, 0.25) is 0 Å². The molecule has 0 bridgehead atoms. The minimum Gasteiger partial charge on any atom is -0.383 e. The summed E-state index contributed by atoms with van der Waals surface area (Å²) < 4.78 is 29.9. The molecule has 0 fully saturated rings. The highest BCUT2D eigenvalue weighted by molar-refractivity contribution is 7.90. The number of aliphatic hydroxyl groups excluding tert-OH is 1. The zero-order valence-electron chi connectivity index (χ0n) is 20.7. The molecule has 1 aromatic heterocycles. The molecule has 0 aliphatic carbocycles. The first-order valence-corrected chi connectivity index (χ1v) is 12.9. The van der Waals surface area contributed by atoms with Crippen molar-refractivity contribution < 1.29 is 13.5 Å². The molecule has 33 heavy (non-hydrogen) atoms. The molecule has 0 spiro atoms. The molecule has 0 aliphatic rings. The third-order valence-corrected chi connectivity index (χ3v) is 8.10. The summed E-state index contributed by atoms with van der Waals surface area (Å²) in [5, 5.41) is 11.6. The zero-order valence-corrected chi connectivity index (χ0v) is 21.5. The van der Waals surface area contributed by atoms with E-state index in [2.05, 4.69) is 26.2 Å². The van der Waals surface area contributed by atoms with E-state index in [1.54, 1.807) is 19.2 Å². The van der Waals surface area contributed by atoms with Crippen LogP contribution in [0.3, 0.4) is 0 Å². The van der Waals surface area contributed by atoms with Gasteiger partial charge in [-0.2, -0.15) is 0 Å². The number of benzene rings is 2. The molecular weight excluding hydrogens is 430 g/mol. The second-order valence-corrected chi connectivity index (χ2v) is 11.4. The summed E-state index contributed by atoms with van der Waals surface area (Å²) in [7, 11) is -3.94. The molecule has 0 amide bonds. The summed E-state index contributed by atoms with van der Waals surface area (Å²) >= 11 is 0. The van der Waals surface area contributed by atoms with Crippen LogP contribution in [0.25, 0.3) is 10.9 Å². The molecule has 2 aromatic carbocycles. The quantitative estimate of drug-likeness (QED) is 0.382. The molecule has 1 N–H and O–H groups in total. The second kappa shape index (κ2) is 9.34. The van der Waals surface area contributed by atoms with Crippen LogP contribution >= 0.6 is 0 Å². The molecule has 0 saturated heterocycles. The van der Waals surface area contributed by atoms with Crippen molar-refractivity contribution in [2.45, 2.75) is 77.2 Å². The lowest BCUT2D eigenvalue weighted by Gasteiger charge is -2.23. The van der Waals surface area contributed by atoms with Crippen molar-refractivity contribution in [3.63, 3.8) is 0 Å². The van der Waals surface area contributed by atoms with Crippen LogP contribution in [0, 0.1) is 0 Å². The van der Waals surface area contributed by atoms with Crippen molar-refractivity contribution in [3.8, 4) is 0 Å². The van der Waals surface area contributed by atoms with Gasteiger partial charge in [0.25, 0.3) is 10.0 Å². The Morgan fingerprint density at radius 3 is 1.97 bits per heavy atom. The van der Waals surface area contributed by atoms with Crippen molar-refractivity contribution in [2.75, 3.05) is 0 Å². The molecule has 0 radical (unpaired) electrons. The van der Waals surface area contributed by atoms with Crippen LogP contribution in [0.4, 0.5) is 0 Å². The Bertz CT molecular complexity index is 1310. The normalized spacial score (nSPS) is 13.2. The van der Waals surface area contributed by atoms with Crippen LogP contribution < -0.4 is 0 Å². The average Bonchev–Trinajstić information content (AvgIpc) is 3.17. The van der Waals surface area contributed by atoms with Gasteiger partial charge in [0.05, 0.1) is 10.4 Å². The Balaban J connectivity index is 2.42. The van der Waals surface area contributed by atoms with Crippen molar-refractivity contribution >= 4 is 20.9 Å². The van der Waals surface area contributed by atoms with Crippen LogP contribution in [-0.4, -0.2) is 17.5 Å². The monoisotopic (exact) mass is 465 g/mol. The summed E-state index contributed by atoms with van der Waals surface area (Å²) in [6.07, 6.45) is 0.567. The van der Waals surface area contributed by atoms with Crippen molar-refractivity contribution in [2.24, 2.45) is 0 Å². The maximum Gasteiger partial charge on any atom is 0.268 e. The van der Waals surface area contributed by atoms with E-state index in [4.69, 9.17) is 0 Å². The molecular formula is C28H35NO3S. The molecule has 3 rings (SSSR count). The zero-order chi connectivity index (χ0) is 24.7. The Kier molecular flexibility index (Phi) is 7.09. The standard InChI is InChI=1S/C28H35NO3S/c1-9-20(8)27(30)25-16-29(26-13-11-10-12-22(25)26)33(31,32)28-23(18(4)5)14-21(17(2)3)15-24(28)19(6)7/h10-19,27,30H,1H2,2-8H3. The van der Waals surface area contributed by atoms with Gasteiger partial charge in [0, 0.05) is 22.7 Å². The topological polar surface area (TPSA) is 59.3 Å². The van der Waals surface area contributed by atoms with Gasteiger partial charge in [-0.15, -0.1) is 5.73 Å². The SMILES string of the molecule is C=C=C(C)C(O)c1cn(S(=O)(=O)c2c(C(C)C)cc(C(C)C)cc2C(C)C)c2ccccc12. The number of rotatable bonds is 7. The number of nitrogens with zero attached hydrogens (tertiary/aromatic N) is 1. The van der Waals surface area contributed by atoms with Gasteiger partial charge in [0.2, 0.25) is 0 Å². The smallest absolute Gasteiger partial charge is 0.268 e. The highest BCUT2D eigenvalue weighted by Gasteiger charge is 2.31. The minimum absolute atomic E-state index is 0.0313. The summed E-state index contributed by atoms with van der Waals surface area (Å²) in [6.45, 7) is 17.7. The van der Waals surface area contributed by atoms with Gasteiger partial charge >= 0.3 is 0 Å². The number of fused-ring (bicyclic) bond motifs is 1. The van der Waals surface area contributed by atoms with E-state index in [1.165, 1.54) is 3.97 Å². The summed E-state index contributed by atoms with van der Waals surface area (Å²) in [4.78, 5) is 0.370. The molecule has 176 valence electrons. The first kappa shape index (κ1) is 25.0. The molecule has 5 heteroatoms. The van der Waals surface area contributed by atoms with E-state index in [9.17, 15) is 13.5 Å². The van der Waals surface area contributed by atoms with E-state index in [-0.39, 0.29) is 11.8 Å². The number of hydrogen-bond acceptors (Lipinski definition) is 3. The first-order chi connectivity index (χ1) is 15.4. The fourth-order valence-corrected chi connectivity index (χ4v) is 6.26. The third-order valence-electron chi connectivity index (χ3n) is 6.29. The van der Waals surface area contributed by atoms with E-state index < -0.39 is 16.1 Å². The van der Waals surface area contributed by atoms with Gasteiger partial charge in [-0.05, 0) is 47.4 Å². The summed E-state index contributed by atoms with van der Waals surface area (Å²) in [6, 6.07) is 11.4. The fourth-order valence-electron chi connectivity index (χ4n) is 4.21. The molecule has 1 heterocycles. The lowest BCUT2D eigenvalue weighted by molar-refractivity contribution is 0.217. The van der Waals surface area contributed by atoms with Crippen molar-refractivity contribution in [3.05, 3.63) is 82.7 Å². The predicted octanol–water partition coefficient (Wildman–Crippen LogP) is 7.01. The number of aliphatic hydroxyl groups is 1. The maximum atomic E-state index is 14.3. The molecule has 0 saturated carbocycles. The third kappa shape index (κ3) is 4.46. The van der Waals surface area contributed by atoms with Gasteiger partial charge in [0.1, 0.15) is 6.10 Å². The first-order valence-electron chi connectivity index (χ1n) is 11.5. The van der Waals surface area contributed by atoms with Gasteiger partial charge in [0.15, 0.2) is 0 Å². The van der Waals surface area contributed by atoms with Crippen LogP contribution in [0.1, 0.15) is 94.6 Å². The van der Waals surface area contributed by atoms with E-state index in [0.717, 1.165) is 16.7 Å². The Labute approximate surface area is 198 Å². The Morgan fingerprint density at radius 1 is 0.939 bits per heavy atom. The lowest BCUT2D eigenvalue weighted by atomic mass is 9.89. The Hall–Kier alpha value is -2.59. The molecule has 3 aromatic rings. The second-order valence-electron chi connectivity index (χ2n) is 9.66. The largest absolute Gasteiger partial charge is 0.383 e. The van der Waals surface area contributed by atoms with E-state index in [0.29, 0.717) is 32.9 Å². The van der Waals surface area contributed by atoms with Gasteiger partial charge < -0.3 is 5.11 Å². The lowest BCUT2D eigenvalue weighted by Crippen LogP contribution is -2.18. The average molecular weight is 466 g/mol. The summed E-state index contributed by atoms with van der Waals surface area (Å²) in [5.41, 5.74) is 7.14. The van der Waals surface area contributed by atoms with Gasteiger partial charge in [-0.25, -0.2) is 12.4 Å². The van der Waals surface area contributed by atoms with Crippen LogP contribution in [0.5, 0.6) is 0 Å². The Morgan fingerprint density at radius 2 is 1.48 bits per heavy atom. The molecule has 1 atom stereocenters. The van der Waals surface area contributed by atoms with Crippen LogP contribution in [0.15, 0.2) is 65.4 Å². The highest BCUT2D eigenvalue weighted by Crippen LogP contribution is 2.38. The molecule has 0 aliphatic heterocycles. The maximum absolute atomic E-state index is 14.3. The van der Waals surface area contributed by atoms with Crippen LogP contribution in [-0.2, 0) is 10.0 Å². The van der Waals surface area contributed by atoms with E-state index in [1.807, 2.05) is 58.0 Å². The van der Waals surface area contributed by atoms with Gasteiger partial charge in [-0.3, -0.25) is 0 Å². The van der Waals surface area contributed by atoms with Crippen molar-refractivity contribution in [1.29, 1.82) is 0 Å². The summed E-state index contributed by atoms with van der Waals surface area (Å²) in [5.74, 6) is 0.354. The number of aromatic nitrogens is 1. The fraction of sp³-hybridized carbons (Fsp3) is 0.393. The number of hydrogen-bond donors (Lipinski definition) is 1.